The van der Waals surface area contributed by atoms with Crippen molar-refractivity contribution in [3.8, 4) is 0 Å². The Morgan fingerprint density at radius 2 is 1.92 bits per heavy atom. The van der Waals surface area contributed by atoms with E-state index in [2.05, 4.69) is 51.4 Å². The van der Waals surface area contributed by atoms with Crippen molar-refractivity contribution in [2.45, 2.75) is 43.3 Å². The number of benzene rings is 3. The second-order valence-electron chi connectivity index (χ2n) is 9.37. The number of anilines is 1. The highest BCUT2D eigenvalue weighted by Crippen LogP contribution is 2.34. The number of aryl methyl sites for hydroxylation is 2. The fraction of sp³-hybridized carbons (Fsp3) is 0.250. The van der Waals surface area contributed by atoms with Crippen LogP contribution in [0.1, 0.15) is 22.6 Å². The molecule has 1 amide bonds. The van der Waals surface area contributed by atoms with Gasteiger partial charge in [-0.05, 0) is 56.2 Å². The number of likely N-dealkylation sites (tertiary alicyclic amines) is 1. The number of carbonyl (C=O) groups excluding carboxylic acids is 1. The molecule has 0 radical (unpaired) electrons. The number of nitrogens with zero attached hydrogens (tertiary/aromatic N) is 3. The largest absolute Gasteiger partial charge is 0.333 e. The second-order valence-corrected chi connectivity index (χ2v) is 11.9. The van der Waals surface area contributed by atoms with Crippen LogP contribution in [0.15, 0.2) is 71.9 Å². The van der Waals surface area contributed by atoms with E-state index in [-0.39, 0.29) is 17.2 Å². The van der Waals surface area contributed by atoms with Gasteiger partial charge in [0.2, 0.25) is 5.91 Å². The van der Waals surface area contributed by atoms with Crippen LogP contribution in [-0.2, 0) is 11.3 Å². The Morgan fingerprint density at radius 1 is 1.08 bits per heavy atom. The minimum Gasteiger partial charge on any atom is -0.333 e. The molecule has 1 aliphatic heterocycles. The highest BCUT2D eigenvalue weighted by molar-refractivity contribution is 7.99. The van der Waals surface area contributed by atoms with Gasteiger partial charge in [-0.1, -0.05) is 53.7 Å². The smallest absolute Gasteiger partial charge is 0.241 e. The number of hydrogen-bond acceptors (Lipinski definition) is 6. The number of para-hydroxylation sites is 2. The number of rotatable bonds is 6. The maximum absolute atomic E-state index is 13.5. The normalized spacial score (nSPS) is 18.3. The van der Waals surface area contributed by atoms with E-state index < -0.39 is 0 Å². The van der Waals surface area contributed by atoms with Crippen LogP contribution in [0.5, 0.6) is 0 Å². The molecule has 0 bridgehead atoms. The van der Waals surface area contributed by atoms with Crippen molar-refractivity contribution >= 4 is 55.9 Å². The Labute approximate surface area is 218 Å². The average Bonchev–Trinajstić information content (AvgIpc) is 3.55. The highest BCUT2D eigenvalue weighted by atomic mass is 32.2. The summed E-state index contributed by atoms with van der Waals surface area (Å²) in [5.41, 5.74) is 6.18. The molecule has 3 heterocycles. The second kappa shape index (κ2) is 9.69. The van der Waals surface area contributed by atoms with E-state index in [0.717, 1.165) is 56.6 Å². The maximum atomic E-state index is 13.5. The van der Waals surface area contributed by atoms with Gasteiger partial charge in [0, 0.05) is 24.0 Å². The number of fused-ring (bicyclic) bond motifs is 2. The Morgan fingerprint density at radius 3 is 2.75 bits per heavy atom. The number of H-pyrrole nitrogens is 1. The summed E-state index contributed by atoms with van der Waals surface area (Å²) in [6.07, 6.45) is 0.761. The molecule has 0 saturated carbocycles. The van der Waals surface area contributed by atoms with Crippen LogP contribution >= 0.6 is 23.1 Å². The summed E-state index contributed by atoms with van der Waals surface area (Å²) in [5, 5.41) is 5.36. The van der Waals surface area contributed by atoms with E-state index in [1.54, 1.807) is 23.1 Å². The highest BCUT2D eigenvalue weighted by Gasteiger charge is 2.37. The van der Waals surface area contributed by atoms with Crippen molar-refractivity contribution in [1.29, 1.82) is 0 Å². The zero-order chi connectivity index (χ0) is 24.6. The quantitative estimate of drug-likeness (QED) is 0.284. The van der Waals surface area contributed by atoms with E-state index in [1.165, 1.54) is 11.1 Å². The fourth-order valence-corrected chi connectivity index (χ4v) is 6.80. The van der Waals surface area contributed by atoms with Crippen molar-refractivity contribution in [2.75, 3.05) is 11.9 Å². The summed E-state index contributed by atoms with van der Waals surface area (Å²) >= 11 is 3.40. The van der Waals surface area contributed by atoms with Crippen LogP contribution < -0.4 is 5.32 Å². The number of carbonyl (C=O) groups is 1. The van der Waals surface area contributed by atoms with E-state index in [1.807, 2.05) is 49.4 Å². The molecular formula is C28H27N5OS2. The summed E-state index contributed by atoms with van der Waals surface area (Å²) < 4.78 is 1.13. The predicted octanol–water partition coefficient (Wildman–Crippen LogP) is 6.16. The molecule has 6 rings (SSSR count). The van der Waals surface area contributed by atoms with Gasteiger partial charge in [-0.25, -0.2) is 9.97 Å². The van der Waals surface area contributed by atoms with Gasteiger partial charge in [0.25, 0.3) is 0 Å². The number of aromatic nitrogens is 3. The van der Waals surface area contributed by atoms with Gasteiger partial charge in [-0.3, -0.25) is 9.69 Å². The first kappa shape index (κ1) is 23.2. The van der Waals surface area contributed by atoms with Crippen molar-refractivity contribution in [2.24, 2.45) is 0 Å². The van der Waals surface area contributed by atoms with Crippen LogP contribution in [0, 0.1) is 13.8 Å². The number of thioether (sulfide) groups is 1. The molecule has 3 aromatic carbocycles. The first-order chi connectivity index (χ1) is 17.5. The van der Waals surface area contributed by atoms with Gasteiger partial charge in [-0.2, -0.15) is 0 Å². The van der Waals surface area contributed by atoms with E-state index in [9.17, 15) is 4.79 Å². The lowest BCUT2D eigenvalue weighted by atomic mass is 10.1. The molecule has 1 aliphatic rings. The molecule has 182 valence electrons. The standard InChI is InChI=1S/C28H27N5OS2/c1-17-7-9-19(10-8-17)15-33-16-21(36-28-31-22-5-3-4-6-23(22)32-28)14-25(33)27(34)30-20-11-12-26-24(13-20)29-18(2)35-26/h3-13,21,25H,14-16H2,1-2H3,(H,30,34)(H,31,32)/t21-,25-/m0/s1. The third-order valence-electron chi connectivity index (χ3n) is 6.58. The summed E-state index contributed by atoms with van der Waals surface area (Å²) in [6.45, 7) is 5.65. The molecule has 2 atom stereocenters. The Hall–Kier alpha value is -3.20. The number of aromatic amines is 1. The zero-order valence-corrected chi connectivity index (χ0v) is 21.8. The maximum Gasteiger partial charge on any atom is 0.241 e. The molecule has 0 unspecified atom stereocenters. The third-order valence-corrected chi connectivity index (χ3v) is 8.63. The molecule has 1 saturated heterocycles. The molecular weight excluding hydrogens is 486 g/mol. The van der Waals surface area contributed by atoms with Gasteiger partial charge in [0.05, 0.1) is 32.3 Å². The topological polar surface area (TPSA) is 73.9 Å². The molecule has 5 aromatic rings. The van der Waals surface area contributed by atoms with Crippen LogP contribution in [0.4, 0.5) is 5.69 Å². The first-order valence-corrected chi connectivity index (χ1v) is 13.8. The van der Waals surface area contributed by atoms with Crippen LogP contribution in [-0.4, -0.2) is 43.6 Å². The van der Waals surface area contributed by atoms with Crippen molar-refractivity contribution < 1.29 is 4.79 Å². The minimum absolute atomic E-state index is 0.0288. The molecule has 8 heteroatoms. The fourth-order valence-electron chi connectivity index (χ4n) is 4.81. The summed E-state index contributed by atoms with van der Waals surface area (Å²) in [6, 6.07) is 22.4. The van der Waals surface area contributed by atoms with Crippen molar-refractivity contribution in [3.63, 3.8) is 0 Å². The number of hydrogen-bond donors (Lipinski definition) is 2. The molecule has 0 aliphatic carbocycles. The molecule has 6 nitrogen and oxygen atoms in total. The van der Waals surface area contributed by atoms with Crippen LogP contribution in [0.3, 0.4) is 0 Å². The lowest BCUT2D eigenvalue weighted by molar-refractivity contribution is -0.120. The SMILES string of the molecule is Cc1ccc(CN2C[C@@H](Sc3nc4ccccc4[nH]3)C[C@H]2C(=O)Nc2ccc3sc(C)nc3c2)cc1. The molecule has 2 N–H and O–H groups in total. The van der Waals surface area contributed by atoms with Gasteiger partial charge < -0.3 is 10.3 Å². The lowest BCUT2D eigenvalue weighted by Crippen LogP contribution is -2.39. The van der Waals surface area contributed by atoms with Gasteiger partial charge in [0.1, 0.15) is 0 Å². The van der Waals surface area contributed by atoms with Gasteiger partial charge in [0.15, 0.2) is 5.16 Å². The summed E-state index contributed by atoms with van der Waals surface area (Å²) in [7, 11) is 0. The molecule has 1 fully saturated rings. The van der Waals surface area contributed by atoms with Gasteiger partial charge >= 0.3 is 0 Å². The average molecular weight is 514 g/mol. The predicted molar refractivity (Wildman–Crippen MR) is 149 cm³/mol. The number of thiazole rings is 1. The lowest BCUT2D eigenvalue weighted by Gasteiger charge is -2.23. The number of amides is 1. The van der Waals surface area contributed by atoms with E-state index >= 15 is 0 Å². The van der Waals surface area contributed by atoms with Crippen molar-refractivity contribution in [1.82, 2.24) is 19.9 Å². The third kappa shape index (κ3) is 4.89. The molecule has 0 spiro atoms. The van der Waals surface area contributed by atoms with Crippen LogP contribution in [0.25, 0.3) is 21.3 Å². The molecule has 36 heavy (non-hydrogen) atoms. The summed E-state index contributed by atoms with van der Waals surface area (Å²) in [4.78, 5) is 28.6. The van der Waals surface area contributed by atoms with Crippen LogP contribution in [0.2, 0.25) is 0 Å². The number of imidazole rings is 1. The van der Waals surface area contributed by atoms with Crippen molar-refractivity contribution in [3.05, 3.63) is 82.9 Å². The van der Waals surface area contributed by atoms with Gasteiger partial charge in [-0.15, -0.1) is 11.3 Å². The Balaban J connectivity index is 1.22. The molecule has 2 aromatic heterocycles. The summed E-state index contributed by atoms with van der Waals surface area (Å²) in [5.74, 6) is 0.0288. The van der Waals surface area contributed by atoms with E-state index in [4.69, 9.17) is 4.98 Å². The number of nitrogens with one attached hydrogen (secondary N) is 2. The van der Waals surface area contributed by atoms with E-state index in [0.29, 0.717) is 0 Å². The zero-order valence-electron chi connectivity index (χ0n) is 20.2. The Kier molecular flexibility index (Phi) is 6.25. The Bertz CT molecular complexity index is 1510. The minimum atomic E-state index is -0.221. The monoisotopic (exact) mass is 513 g/mol. The first-order valence-electron chi connectivity index (χ1n) is 12.1.